The molecule has 0 atom stereocenters. The summed E-state index contributed by atoms with van der Waals surface area (Å²) in [4.78, 5) is 14.8. The molecule has 0 aromatic heterocycles. The van der Waals surface area contributed by atoms with Crippen LogP contribution in [-0.4, -0.2) is 44.9 Å². The minimum atomic E-state index is 0.0557. The summed E-state index contributed by atoms with van der Waals surface area (Å²) in [6.45, 7) is 1.89. The molecule has 0 aliphatic carbocycles. The van der Waals surface area contributed by atoms with E-state index in [1.807, 2.05) is 11.0 Å². The van der Waals surface area contributed by atoms with Gasteiger partial charge in [-0.05, 0) is 67.5 Å². The zero-order valence-electron chi connectivity index (χ0n) is 17.0. The van der Waals surface area contributed by atoms with Gasteiger partial charge in [0.15, 0.2) is 23.0 Å². The number of nitrogens with zero attached hydrogens (tertiary/aromatic N) is 1. The summed E-state index contributed by atoms with van der Waals surface area (Å²) in [6.07, 6.45) is 4.20. The number of amides is 1. The fourth-order valence-corrected chi connectivity index (χ4v) is 4.04. The van der Waals surface area contributed by atoms with Crippen LogP contribution in [0.25, 0.3) is 0 Å². The maximum absolute atomic E-state index is 12.9. The average molecular weight is 397 g/mol. The Kier molecular flexibility index (Phi) is 5.79. The number of carbonyl (C=O) groups excluding carboxylic acids is 1. The standard InChI is InChI=1S/C23H27NO5/c1-26-19-8-6-18(14-21(19)27-2)23(25)24-11-9-16(10-12-24)3-4-17-5-7-20-22(13-17)29-15-28-20/h5-8,13-14,16H,3-4,9-12,15H2,1-2H3. The fourth-order valence-electron chi connectivity index (χ4n) is 4.04. The topological polar surface area (TPSA) is 57.2 Å². The second-order valence-electron chi connectivity index (χ2n) is 7.53. The molecule has 1 fully saturated rings. The highest BCUT2D eigenvalue weighted by Crippen LogP contribution is 2.34. The number of rotatable bonds is 6. The van der Waals surface area contributed by atoms with Gasteiger partial charge in [0.1, 0.15) is 0 Å². The third-order valence-electron chi connectivity index (χ3n) is 5.81. The van der Waals surface area contributed by atoms with Gasteiger partial charge in [0.2, 0.25) is 6.79 Å². The van der Waals surface area contributed by atoms with Crippen molar-refractivity contribution in [1.29, 1.82) is 0 Å². The first-order valence-electron chi connectivity index (χ1n) is 10.1. The van der Waals surface area contributed by atoms with Gasteiger partial charge in [0.25, 0.3) is 5.91 Å². The van der Waals surface area contributed by atoms with Gasteiger partial charge in [-0.3, -0.25) is 4.79 Å². The molecule has 0 unspecified atom stereocenters. The number of fused-ring (bicyclic) bond motifs is 1. The second kappa shape index (κ2) is 8.64. The van der Waals surface area contributed by atoms with E-state index >= 15 is 0 Å². The Bertz CT molecular complexity index is 874. The number of methoxy groups -OCH3 is 2. The first-order chi connectivity index (χ1) is 14.2. The number of benzene rings is 2. The zero-order valence-corrected chi connectivity index (χ0v) is 17.0. The van der Waals surface area contributed by atoms with E-state index in [-0.39, 0.29) is 5.91 Å². The third kappa shape index (κ3) is 4.26. The van der Waals surface area contributed by atoms with E-state index in [0.717, 1.165) is 50.3 Å². The SMILES string of the molecule is COc1ccc(C(=O)N2CCC(CCc3ccc4c(c3)OCO4)CC2)cc1OC. The highest BCUT2D eigenvalue weighted by molar-refractivity contribution is 5.95. The molecule has 2 aliphatic heterocycles. The fraction of sp³-hybridized carbons (Fsp3) is 0.435. The summed E-state index contributed by atoms with van der Waals surface area (Å²) in [6, 6.07) is 11.5. The molecule has 2 aromatic rings. The second-order valence-corrected chi connectivity index (χ2v) is 7.53. The lowest BCUT2D eigenvalue weighted by Gasteiger charge is -2.32. The molecule has 2 aromatic carbocycles. The Balaban J connectivity index is 1.29. The Morgan fingerprint density at radius 3 is 2.52 bits per heavy atom. The average Bonchev–Trinajstić information content (AvgIpc) is 3.25. The van der Waals surface area contributed by atoms with Gasteiger partial charge in [0, 0.05) is 18.7 Å². The van der Waals surface area contributed by atoms with E-state index in [9.17, 15) is 4.79 Å². The Hall–Kier alpha value is -2.89. The van der Waals surface area contributed by atoms with Crippen LogP contribution in [0.1, 0.15) is 35.2 Å². The van der Waals surface area contributed by atoms with E-state index in [4.69, 9.17) is 18.9 Å². The number of hydrogen-bond acceptors (Lipinski definition) is 5. The van der Waals surface area contributed by atoms with E-state index in [0.29, 0.717) is 29.8 Å². The number of aryl methyl sites for hydroxylation is 1. The van der Waals surface area contributed by atoms with Crippen LogP contribution in [-0.2, 0) is 6.42 Å². The van der Waals surface area contributed by atoms with Crippen molar-refractivity contribution in [1.82, 2.24) is 4.90 Å². The summed E-state index contributed by atoms with van der Waals surface area (Å²) in [5.41, 5.74) is 1.92. The Labute approximate surface area is 171 Å². The minimum absolute atomic E-state index is 0.0557. The molecule has 6 nitrogen and oxygen atoms in total. The van der Waals surface area contributed by atoms with Crippen LogP contribution < -0.4 is 18.9 Å². The molecule has 2 aliphatic rings. The van der Waals surface area contributed by atoms with Gasteiger partial charge in [0.05, 0.1) is 14.2 Å². The van der Waals surface area contributed by atoms with Gasteiger partial charge in [-0.15, -0.1) is 0 Å². The molecule has 6 heteroatoms. The normalized spacial score (nSPS) is 16.0. The number of carbonyl (C=O) groups is 1. The molecule has 4 rings (SSSR count). The lowest BCUT2D eigenvalue weighted by molar-refractivity contribution is 0.0686. The monoisotopic (exact) mass is 397 g/mol. The Morgan fingerprint density at radius 1 is 1.00 bits per heavy atom. The molecule has 29 heavy (non-hydrogen) atoms. The molecular formula is C23H27NO5. The van der Waals surface area contributed by atoms with Gasteiger partial charge in [-0.25, -0.2) is 0 Å². The Morgan fingerprint density at radius 2 is 1.76 bits per heavy atom. The van der Waals surface area contributed by atoms with Crippen molar-refractivity contribution in [2.45, 2.75) is 25.7 Å². The van der Waals surface area contributed by atoms with Crippen molar-refractivity contribution in [3.8, 4) is 23.0 Å². The largest absolute Gasteiger partial charge is 0.493 e. The smallest absolute Gasteiger partial charge is 0.253 e. The molecule has 1 saturated heterocycles. The van der Waals surface area contributed by atoms with Gasteiger partial charge in [-0.1, -0.05) is 6.07 Å². The minimum Gasteiger partial charge on any atom is -0.493 e. The first-order valence-corrected chi connectivity index (χ1v) is 10.1. The summed E-state index contributed by atoms with van der Waals surface area (Å²) in [7, 11) is 3.17. The van der Waals surface area contributed by atoms with Crippen LogP contribution in [0.3, 0.4) is 0 Å². The van der Waals surface area contributed by atoms with Gasteiger partial charge in [-0.2, -0.15) is 0 Å². The molecule has 1 amide bonds. The molecule has 0 bridgehead atoms. The quantitative estimate of drug-likeness (QED) is 0.740. The van der Waals surface area contributed by atoms with Crippen molar-refractivity contribution in [3.63, 3.8) is 0 Å². The van der Waals surface area contributed by atoms with Crippen molar-refractivity contribution in [3.05, 3.63) is 47.5 Å². The predicted octanol–water partition coefficient (Wildman–Crippen LogP) is 3.92. The molecule has 0 spiro atoms. The molecule has 154 valence electrons. The molecule has 0 N–H and O–H groups in total. The van der Waals surface area contributed by atoms with E-state index in [1.54, 1.807) is 32.4 Å². The predicted molar refractivity (Wildman–Crippen MR) is 109 cm³/mol. The third-order valence-corrected chi connectivity index (χ3v) is 5.81. The van der Waals surface area contributed by atoms with E-state index in [2.05, 4.69) is 12.1 Å². The highest BCUT2D eigenvalue weighted by atomic mass is 16.7. The van der Waals surface area contributed by atoms with E-state index < -0.39 is 0 Å². The lowest BCUT2D eigenvalue weighted by Crippen LogP contribution is -2.38. The summed E-state index contributed by atoms with van der Waals surface area (Å²) >= 11 is 0. The maximum Gasteiger partial charge on any atom is 0.253 e. The number of hydrogen-bond donors (Lipinski definition) is 0. The van der Waals surface area contributed by atoms with Crippen molar-refractivity contribution < 1.29 is 23.7 Å². The van der Waals surface area contributed by atoms with Crippen LogP contribution in [0.4, 0.5) is 0 Å². The summed E-state index contributed by atoms with van der Waals surface area (Å²) < 4.78 is 21.4. The van der Waals surface area contributed by atoms with Crippen LogP contribution in [0.15, 0.2) is 36.4 Å². The lowest BCUT2D eigenvalue weighted by atomic mass is 9.90. The number of piperidine rings is 1. The van der Waals surface area contributed by atoms with Crippen LogP contribution in [0.2, 0.25) is 0 Å². The molecule has 0 radical (unpaired) electrons. The van der Waals surface area contributed by atoms with Crippen LogP contribution in [0, 0.1) is 5.92 Å². The summed E-state index contributed by atoms with van der Waals surface area (Å²) in [5.74, 6) is 3.58. The molecule has 0 saturated carbocycles. The van der Waals surface area contributed by atoms with Crippen LogP contribution >= 0.6 is 0 Å². The number of ether oxygens (including phenoxy) is 4. The van der Waals surface area contributed by atoms with Crippen molar-refractivity contribution in [2.24, 2.45) is 5.92 Å². The van der Waals surface area contributed by atoms with Gasteiger partial charge < -0.3 is 23.8 Å². The molecule has 2 heterocycles. The maximum atomic E-state index is 12.9. The molecular weight excluding hydrogens is 370 g/mol. The number of likely N-dealkylation sites (tertiary alicyclic amines) is 1. The zero-order chi connectivity index (χ0) is 20.2. The van der Waals surface area contributed by atoms with Crippen molar-refractivity contribution in [2.75, 3.05) is 34.1 Å². The first kappa shape index (κ1) is 19.4. The van der Waals surface area contributed by atoms with Crippen LogP contribution in [0.5, 0.6) is 23.0 Å². The van der Waals surface area contributed by atoms with Crippen molar-refractivity contribution >= 4 is 5.91 Å². The highest BCUT2D eigenvalue weighted by Gasteiger charge is 2.24. The van der Waals surface area contributed by atoms with Gasteiger partial charge >= 0.3 is 0 Å². The van der Waals surface area contributed by atoms with E-state index in [1.165, 1.54) is 5.56 Å². The summed E-state index contributed by atoms with van der Waals surface area (Å²) in [5, 5.41) is 0.